The predicted octanol–water partition coefficient (Wildman–Crippen LogP) is 3.12. The Morgan fingerprint density at radius 2 is 0.909 bits per heavy atom. The number of fused-ring (bicyclic) bond motifs is 6. The molecule has 4 heteroatoms. The zero-order chi connectivity index (χ0) is 14.9. The van der Waals surface area contributed by atoms with E-state index in [0.717, 1.165) is 68.0 Å². The molecule has 0 aromatic carbocycles. The first-order valence-corrected chi connectivity index (χ1v) is 11.7. The number of halogens is 2. The van der Waals surface area contributed by atoms with Gasteiger partial charge in [0.05, 0.1) is 12.2 Å². The van der Waals surface area contributed by atoms with E-state index in [1.54, 1.807) is 0 Å². The van der Waals surface area contributed by atoms with E-state index in [2.05, 4.69) is 45.2 Å². The Bertz CT molecular complexity index is 481. The molecule has 0 amide bonds. The largest absolute Gasteiger partial charge is 0.393 e. The SMILES string of the molecule is O[C@H]1CC[C@@H]2[C@@H]3[C@@H](I)[C@H]4[C@@H]5[C@H]3[C@@H]([C@H](I)[C@@H]5[C@@H]3CC[C@H](O)[C@@H]34)[C@H]21. The summed E-state index contributed by atoms with van der Waals surface area (Å²) < 4.78 is 1.54. The first-order chi connectivity index (χ1) is 10.6. The summed E-state index contributed by atoms with van der Waals surface area (Å²) in [4.78, 5) is 0. The summed E-state index contributed by atoms with van der Waals surface area (Å²) in [7, 11) is 0. The molecule has 0 unspecified atom stereocenters. The smallest absolute Gasteiger partial charge is 0.0574 e. The Balaban J connectivity index is 1.49. The van der Waals surface area contributed by atoms with Crippen molar-refractivity contribution in [3.63, 3.8) is 0 Å². The second kappa shape index (κ2) is 4.56. The van der Waals surface area contributed by atoms with Crippen molar-refractivity contribution in [2.75, 3.05) is 0 Å². The third-order valence-corrected chi connectivity index (χ3v) is 12.4. The third kappa shape index (κ3) is 1.41. The van der Waals surface area contributed by atoms with Gasteiger partial charge in [-0.1, -0.05) is 45.2 Å². The lowest BCUT2D eigenvalue weighted by Gasteiger charge is -2.32. The number of aliphatic hydroxyl groups excluding tert-OH is 2. The van der Waals surface area contributed by atoms with Gasteiger partial charge in [-0.25, -0.2) is 0 Å². The van der Waals surface area contributed by atoms with Crippen molar-refractivity contribution in [1.82, 2.24) is 0 Å². The molecular weight excluding hydrogens is 502 g/mol. The number of alkyl halides is 2. The van der Waals surface area contributed by atoms with Crippen LogP contribution >= 0.6 is 45.2 Å². The Hall–Kier alpha value is 1.38. The summed E-state index contributed by atoms with van der Waals surface area (Å²) in [5, 5.41) is 21.3. The second-order valence-corrected chi connectivity index (χ2v) is 12.0. The highest BCUT2D eigenvalue weighted by molar-refractivity contribution is 14.1. The molecule has 0 radical (unpaired) electrons. The minimum atomic E-state index is -0.0105. The molecule has 6 aliphatic carbocycles. The summed E-state index contributed by atoms with van der Waals surface area (Å²) in [6.07, 6.45) is 4.63. The molecule has 2 N–H and O–H groups in total. The summed E-state index contributed by atoms with van der Waals surface area (Å²) in [5.41, 5.74) is 0. The Morgan fingerprint density at radius 3 is 1.32 bits per heavy atom. The molecule has 0 heterocycles. The zero-order valence-corrected chi connectivity index (χ0v) is 16.9. The molecule has 0 bridgehead atoms. The lowest BCUT2D eigenvalue weighted by atomic mass is 9.79. The average molecular weight is 526 g/mol. The molecule has 6 saturated carbocycles. The monoisotopic (exact) mass is 526 g/mol. The highest BCUT2D eigenvalue weighted by Gasteiger charge is 2.77. The predicted molar refractivity (Wildman–Crippen MR) is 101 cm³/mol. The van der Waals surface area contributed by atoms with Gasteiger partial charge in [-0.3, -0.25) is 0 Å². The Labute approximate surface area is 159 Å². The summed E-state index contributed by atoms with van der Waals surface area (Å²) in [5.74, 6) is 7.92. The van der Waals surface area contributed by atoms with Crippen molar-refractivity contribution >= 4 is 45.2 Å². The quantitative estimate of drug-likeness (QED) is 0.377. The van der Waals surface area contributed by atoms with Crippen LogP contribution in [0.3, 0.4) is 0 Å². The van der Waals surface area contributed by atoms with Gasteiger partial charge in [0, 0.05) is 7.85 Å². The van der Waals surface area contributed by atoms with Gasteiger partial charge < -0.3 is 10.2 Å². The van der Waals surface area contributed by atoms with Crippen LogP contribution in [0.4, 0.5) is 0 Å². The van der Waals surface area contributed by atoms with Crippen molar-refractivity contribution in [2.45, 2.75) is 45.7 Å². The zero-order valence-electron chi connectivity index (χ0n) is 12.6. The minimum absolute atomic E-state index is 0.0105. The fourth-order valence-electron chi connectivity index (χ4n) is 8.93. The molecule has 0 aromatic heterocycles. The van der Waals surface area contributed by atoms with Gasteiger partial charge in [0.25, 0.3) is 0 Å². The van der Waals surface area contributed by atoms with E-state index in [9.17, 15) is 10.2 Å². The van der Waals surface area contributed by atoms with Gasteiger partial charge in [0.15, 0.2) is 0 Å². The Kier molecular flexibility index (Phi) is 3.01. The molecule has 6 aliphatic rings. The van der Waals surface area contributed by atoms with E-state index in [0.29, 0.717) is 11.8 Å². The topological polar surface area (TPSA) is 40.5 Å². The minimum Gasteiger partial charge on any atom is -0.393 e. The first kappa shape index (κ1) is 14.5. The molecule has 0 aliphatic heterocycles. The van der Waals surface area contributed by atoms with Gasteiger partial charge >= 0.3 is 0 Å². The van der Waals surface area contributed by atoms with Crippen LogP contribution in [0.5, 0.6) is 0 Å². The van der Waals surface area contributed by atoms with E-state index in [1.807, 2.05) is 0 Å². The summed E-state index contributed by atoms with van der Waals surface area (Å²) in [6.45, 7) is 0. The van der Waals surface area contributed by atoms with Crippen LogP contribution in [0.15, 0.2) is 0 Å². The highest BCUT2D eigenvalue weighted by atomic mass is 127. The lowest BCUT2D eigenvalue weighted by molar-refractivity contribution is 0.0746. The number of hydrogen-bond donors (Lipinski definition) is 2. The van der Waals surface area contributed by atoms with Crippen molar-refractivity contribution in [1.29, 1.82) is 0 Å². The van der Waals surface area contributed by atoms with E-state index < -0.39 is 0 Å². The third-order valence-electron chi connectivity index (χ3n) is 9.04. The molecular formula is C18H24I2O2. The standard InChI is InChI=1S/C18H24I2O2/c19-17-11-5-1-3-7(21)9(5)15-13(11)14-12(18(15)20)6-2-4-8(22)10(6)16(14)17/h5-18,21-22H,1-4H2/t5-,6+,7-,8-,9+,10+,11-,12+,13-,14-,15-,16+,17+,18+/m0/s1. The van der Waals surface area contributed by atoms with Crippen LogP contribution in [-0.4, -0.2) is 30.3 Å². The van der Waals surface area contributed by atoms with Crippen molar-refractivity contribution in [3.8, 4) is 0 Å². The summed E-state index contributed by atoms with van der Waals surface area (Å²) in [6, 6.07) is 0. The van der Waals surface area contributed by atoms with Gasteiger partial charge in [-0.05, 0) is 84.9 Å². The van der Waals surface area contributed by atoms with Crippen molar-refractivity contribution < 1.29 is 10.2 Å². The maximum absolute atomic E-state index is 10.6. The van der Waals surface area contributed by atoms with Crippen molar-refractivity contribution in [2.24, 2.45) is 59.2 Å². The van der Waals surface area contributed by atoms with Crippen LogP contribution in [0.25, 0.3) is 0 Å². The normalized spacial score (nSPS) is 73.6. The van der Waals surface area contributed by atoms with Crippen LogP contribution in [0, 0.1) is 59.2 Å². The maximum Gasteiger partial charge on any atom is 0.0574 e. The average Bonchev–Trinajstić information content (AvgIpc) is 3.22. The van der Waals surface area contributed by atoms with Crippen molar-refractivity contribution in [3.05, 3.63) is 0 Å². The van der Waals surface area contributed by atoms with E-state index >= 15 is 0 Å². The van der Waals surface area contributed by atoms with Gasteiger partial charge in [0.1, 0.15) is 0 Å². The fourth-order valence-corrected chi connectivity index (χ4v) is 12.9. The lowest BCUT2D eigenvalue weighted by Crippen LogP contribution is -2.34. The molecule has 122 valence electrons. The molecule has 0 spiro atoms. The number of hydrogen-bond acceptors (Lipinski definition) is 2. The molecule has 6 fully saturated rings. The molecule has 6 rings (SSSR count). The van der Waals surface area contributed by atoms with Crippen LogP contribution in [0.1, 0.15) is 25.7 Å². The van der Waals surface area contributed by atoms with E-state index in [4.69, 9.17) is 0 Å². The van der Waals surface area contributed by atoms with E-state index in [1.165, 1.54) is 12.8 Å². The van der Waals surface area contributed by atoms with Crippen LogP contribution in [0.2, 0.25) is 0 Å². The molecule has 0 saturated heterocycles. The number of rotatable bonds is 0. The van der Waals surface area contributed by atoms with Gasteiger partial charge in [-0.15, -0.1) is 0 Å². The molecule has 22 heavy (non-hydrogen) atoms. The van der Waals surface area contributed by atoms with Crippen LogP contribution in [-0.2, 0) is 0 Å². The Morgan fingerprint density at radius 1 is 0.500 bits per heavy atom. The van der Waals surface area contributed by atoms with Gasteiger partial charge in [-0.2, -0.15) is 0 Å². The van der Waals surface area contributed by atoms with Crippen LogP contribution < -0.4 is 0 Å². The molecule has 2 nitrogen and oxygen atoms in total. The number of aliphatic hydroxyl groups is 2. The molecule has 0 aromatic rings. The first-order valence-electron chi connectivity index (χ1n) is 9.25. The maximum atomic E-state index is 10.6. The second-order valence-electron chi connectivity index (χ2n) is 9.12. The summed E-state index contributed by atoms with van der Waals surface area (Å²) >= 11 is 5.56. The molecule has 14 atom stereocenters. The van der Waals surface area contributed by atoms with Gasteiger partial charge in [0.2, 0.25) is 0 Å². The highest BCUT2D eigenvalue weighted by Crippen LogP contribution is 2.78. The fraction of sp³-hybridized carbons (Fsp3) is 1.00. The van der Waals surface area contributed by atoms with E-state index in [-0.39, 0.29) is 12.2 Å².